The number of amides is 3. The number of aliphatic hydroxyl groups excluding tert-OH is 1. The maximum atomic E-state index is 11.9. The zero-order valence-corrected chi connectivity index (χ0v) is 13.5. The Kier molecular flexibility index (Phi) is 7.92. The molecule has 0 atom stereocenters. The summed E-state index contributed by atoms with van der Waals surface area (Å²) >= 11 is 0. The molecule has 3 amide bonds. The van der Waals surface area contributed by atoms with Crippen LogP contribution in [0, 0.1) is 0 Å². The van der Waals surface area contributed by atoms with E-state index in [1.54, 1.807) is 24.3 Å². The molecule has 1 aromatic rings. The molecule has 0 radical (unpaired) electrons. The Hall–Kier alpha value is -2.94. The zero-order valence-electron chi connectivity index (χ0n) is 13.5. The fourth-order valence-electron chi connectivity index (χ4n) is 1.66. The number of hydrogen-bond acceptors (Lipinski definition) is 6. The van der Waals surface area contributed by atoms with Gasteiger partial charge in [-0.05, 0) is 19.1 Å². The summed E-state index contributed by atoms with van der Waals surface area (Å²) in [4.78, 5) is 34.6. The Bertz CT molecular complexity index is 630. The summed E-state index contributed by atoms with van der Waals surface area (Å²) in [6, 6.07) is 6.93. The molecule has 0 unspecified atom stereocenters. The lowest BCUT2D eigenvalue weighted by Crippen LogP contribution is -2.39. The van der Waals surface area contributed by atoms with Crippen LogP contribution < -0.4 is 20.8 Å². The summed E-state index contributed by atoms with van der Waals surface area (Å²) in [6.45, 7) is 1.23. The van der Waals surface area contributed by atoms with E-state index in [1.165, 1.54) is 14.0 Å². The molecular formula is C15H20N4O5. The van der Waals surface area contributed by atoms with Crippen LogP contribution in [0.2, 0.25) is 0 Å². The monoisotopic (exact) mass is 336 g/mol. The van der Waals surface area contributed by atoms with E-state index >= 15 is 0 Å². The maximum Gasteiger partial charge on any atom is 0.329 e. The third kappa shape index (κ3) is 6.44. The summed E-state index contributed by atoms with van der Waals surface area (Å²) in [5.74, 6) is -1.72. The predicted molar refractivity (Wildman–Crippen MR) is 87.6 cm³/mol. The van der Waals surface area contributed by atoms with Crippen LogP contribution in [-0.4, -0.2) is 48.8 Å². The van der Waals surface area contributed by atoms with Crippen LogP contribution in [0.15, 0.2) is 29.4 Å². The van der Waals surface area contributed by atoms with Crippen molar-refractivity contribution >= 4 is 29.1 Å². The SMILES string of the molecule is COc1ccccc1NC(=O)CC(C)=NNC(=O)C(=O)NCCO. The smallest absolute Gasteiger partial charge is 0.329 e. The lowest BCUT2D eigenvalue weighted by molar-refractivity contribution is -0.139. The highest BCUT2D eigenvalue weighted by molar-refractivity contribution is 6.35. The molecule has 24 heavy (non-hydrogen) atoms. The van der Waals surface area contributed by atoms with Crippen molar-refractivity contribution in [1.82, 2.24) is 10.7 Å². The Morgan fingerprint density at radius 1 is 1.21 bits per heavy atom. The van der Waals surface area contributed by atoms with Crippen LogP contribution in [0.5, 0.6) is 5.75 Å². The van der Waals surface area contributed by atoms with Crippen LogP contribution in [0.25, 0.3) is 0 Å². The standard InChI is InChI=1S/C15H20N4O5/c1-10(18-19-15(23)14(22)16-7-8-20)9-13(21)17-11-5-3-4-6-12(11)24-2/h3-6,20H,7-9H2,1-2H3,(H,16,22)(H,17,21)(H,19,23). The number of rotatable bonds is 7. The van der Waals surface area contributed by atoms with Crippen LogP contribution in [0.1, 0.15) is 13.3 Å². The van der Waals surface area contributed by atoms with E-state index in [2.05, 4.69) is 15.7 Å². The normalized spacial score (nSPS) is 10.7. The molecular weight excluding hydrogens is 316 g/mol. The molecule has 0 aromatic heterocycles. The van der Waals surface area contributed by atoms with E-state index in [1.807, 2.05) is 5.43 Å². The minimum absolute atomic E-state index is 0.0315. The molecule has 0 heterocycles. The number of hydrogen-bond donors (Lipinski definition) is 4. The number of para-hydroxylation sites is 2. The number of hydrazone groups is 1. The molecule has 0 aliphatic rings. The molecule has 0 aliphatic heterocycles. The van der Waals surface area contributed by atoms with Crippen molar-refractivity contribution in [3.63, 3.8) is 0 Å². The number of nitrogens with one attached hydrogen (secondary N) is 3. The van der Waals surface area contributed by atoms with Crippen LogP contribution in [0.3, 0.4) is 0 Å². The van der Waals surface area contributed by atoms with E-state index in [4.69, 9.17) is 9.84 Å². The molecule has 1 aromatic carbocycles. The number of aliphatic hydroxyl groups is 1. The topological polar surface area (TPSA) is 129 Å². The van der Waals surface area contributed by atoms with Crippen molar-refractivity contribution in [1.29, 1.82) is 0 Å². The number of methoxy groups -OCH3 is 1. The van der Waals surface area contributed by atoms with Gasteiger partial charge in [0.05, 0.1) is 25.8 Å². The van der Waals surface area contributed by atoms with Gasteiger partial charge in [0.1, 0.15) is 5.75 Å². The Labute approximate surface area is 139 Å². The van der Waals surface area contributed by atoms with E-state index in [0.717, 1.165) is 0 Å². The summed E-state index contributed by atoms with van der Waals surface area (Å²) in [5.41, 5.74) is 2.86. The van der Waals surface area contributed by atoms with Gasteiger partial charge in [-0.1, -0.05) is 12.1 Å². The lowest BCUT2D eigenvalue weighted by atomic mass is 10.2. The van der Waals surface area contributed by atoms with E-state index < -0.39 is 11.8 Å². The van der Waals surface area contributed by atoms with Gasteiger partial charge >= 0.3 is 11.8 Å². The molecule has 9 nitrogen and oxygen atoms in total. The molecule has 0 spiro atoms. The van der Waals surface area contributed by atoms with Gasteiger partial charge in [-0.3, -0.25) is 14.4 Å². The minimum Gasteiger partial charge on any atom is -0.495 e. The number of carbonyl (C=O) groups is 3. The predicted octanol–water partition coefficient (Wildman–Crippen LogP) is -0.376. The Balaban J connectivity index is 2.51. The summed E-state index contributed by atoms with van der Waals surface area (Å²) in [5, 5.41) is 17.1. The number of nitrogens with zero attached hydrogens (tertiary/aromatic N) is 1. The fourth-order valence-corrected chi connectivity index (χ4v) is 1.66. The molecule has 4 N–H and O–H groups in total. The molecule has 0 bridgehead atoms. The van der Waals surface area contributed by atoms with Crippen LogP contribution in [0.4, 0.5) is 5.69 Å². The van der Waals surface area contributed by atoms with Crippen molar-refractivity contribution in [3.8, 4) is 5.75 Å². The van der Waals surface area contributed by atoms with Crippen molar-refractivity contribution in [2.75, 3.05) is 25.6 Å². The van der Waals surface area contributed by atoms with Gasteiger partial charge in [-0.2, -0.15) is 5.10 Å². The van der Waals surface area contributed by atoms with E-state index in [9.17, 15) is 14.4 Å². The summed E-state index contributed by atoms with van der Waals surface area (Å²) in [6.07, 6.45) is -0.0728. The number of anilines is 1. The van der Waals surface area contributed by atoms with Gasteiger partial charge < -0.3 is 20.5 Å². The molecule has 1 rings (SSSR count). The summed E-state index contributed by atoms with van der Waals surface area (Å²) < 4.78 is 5.12. The quantitative estimate of drug-likeness (QED) is 0.307. The third-order valence-electron chi connectivity index (χ3n) is 2.75. The van der Waals surface area contributed by atoms with Crippen molar-refractivity contribution < 1.29 is 24.2 Å². The van der Waals surface area contributed by atoms with Gasteiger partial charge in [0, 0.05) is 12.3 Å². The Morgan fingerprint density at radius 2 is 1.92 bits per heavy atom. The second-order valence-corrected chi connectivity index (χ2v) is 4.69. The molecule has 0 saturated heterocycles. The zero-order chi connectivity index (χ0) is 17.9. The van der Waals surface area contributed by atoms with Crippen molar-refractivity contribution in [2.45, 2.75) is 13.3 Å². The minimum atomic E-state index is -0.979. The van der Waals surface area contributed by atoms with Gasteiger partial charge in [0.25, 0.3) is 0 Å². The first kappa shape index (κ1) is 19.1. The highest BCUT2D eigenvalue weighted by atomic mass is 16.5. The largest absolute Gasteiger partial charge is 0.495 e. The van der Waals surface area contributed by atoms with Crippen molar-refractivity contribution in [3.05, 3.63) is 24.3 Å². The number of benzene rings is 1. The molecule has 0 fully saturated rings. The lowest BCUT2D eigenvalue weighted by Gasteiger charge is -2.09. The van der Waals surface area contributed by atoms with E-state index in [0.29, 0.717) is 17.1 Å². The summed E-state index contributed by atoms with van der Waals surface area (Å²) in [7, 11) is 1.50. The average molecular weight is 336 g/mol. The molecule has 0 saturated carbocycles. The Morgan fingerprint density at radius 3 is 2.58 bits per heavy atom. The highest BCUT2D eigenvalue weighted by Gasteiger charge is 2.12. The van der Waals surface area contributed by atoms with Gasteiger partial charge in [0.15, 0.2) is 0 Å². The number of ether oxygens (including phenoxy) is 1. The highest BCUT2D eigenvalue weighted by Crippen LogP contribution is 2.22. The van der Waals surface area contributed by atoms with Gasteiger partial charge in [0.2, 0.25) is 5.91 Å². The molecule has 9 heteroatoms. The third-order valence-corrected chi connectivity index (χ3v) is 2.75. The van der Waals surface area contributed by atoms with Crippen LogP contribution in [-0.2, 0) is 14.4 Å². The van der Waals surface area contributed by atoms with Crippen LogP contribution >= 0.6 is 0 Å². The van der Waals surface area contributed by atoms with E-state index in [-0.39, 0.29) is 25.5 Å². The number of carbonyl (C=O) groups excluding carboxylic acids is 3. The fraction of sp³-hybridized carbons (Fsp3) is 0.333. The van der Waals surface area contributed by atoms with Gasteiger partial charge in [-0.25, -0.2) is 5.43 Å². The first-order valence-electron chi connectivity index (χ1n) is 7.13. The first-order valence-corrected chi connectivity index (χ1v) is 7.13. The average Bonchev–Trinajstić information content (AvgIpc) is 2.57. The molecule has 0 aliphatic carbocycles. The van der Waals surface area contributed by atoms with Crippen molar-refractivity contribution in [2.24, 2.45) is 5.10 Å². The first-order chi connectivity index (χ1) is 11.5. The maximum absolute atomic E-state index is 11.9. The molecule has 130 valence electrons. The second kappa shape index (κ2) is 9.95. The van der Waals surface area contributed by atoms with Gasteiger partial charge in [-0.15, -0.1) is 0 Å². The second-order valence-electron chi connectivity index (χ2n) is 4.69.